The van der Waals surface area contributed by atoms with Crippen molar-refractivity contribution >= 4 is 29.0 Å². The first-order chi connectivity index (χ1) is 13.9. The normalized spacial score (nSPS) is 18.0. The SMILES string of the molecule is Cc1ccc(C(=O)C[C@]2(O)C(=O)N(Cc3ccccc3)c3ccc(Cl)cc32)cc1. The molecule has 0 aromatic heterocycles. The largest absolute Gasteiger partial charge is 0.375 e. The highest BCUT2D eigenvalue weighted by molar-refractivity contribution is 6.31. The van der Waals surface area contributed by atoms with Crippen molar-refractivity contribution in [3.8, 4) is 0 Å². The van der Waals surface area contributed by atoms with Gasteiger partial charge in [-0.05, 0) is 30.7 Å². The Bertz CT molecular complexity index is 1080. The third kappa shape index (κ3) is 3.57. The Hall–Kier alpha value is -2.95. The molecular formula is C24H20ClNO3. The van der Waals surface area contributed by atoms with Crippen molar-refractivity contribution in [2.24, 2.45) is 0 Å². The predicted molar refractivity (Wildman–Crippen MR) is 113 cm³/mol. The molecule has 1 amide bonds. The average Bonchev–Trinajstić information content (AvgIpc) is 2.91. The number of carbonyl (C=O) groups excluding carboxylic acids is 2. The summed E-state index contributed by atoms with van der Waals surface area (Å²) in [6.07, 6.45) is -0.340. The van der Waals surface area contributed by atoms with Crippen LogP contribution in [-0.2, 0) is 16.9 Å². The zero-order chi connectivity index (χ0) is 20.6. The molecule has 0 unspecified atom stereocenters. The summed E-state index contributed by atoms with van der Waals surface area (Å²) < 4.78 is 0. The second-order valence-corrected chi connectivity index (χ2v) is 7.80. The summed E-state index contributed by atoms with van der Waals surface area (Å²) in [7, 11) is 0. The fourth-order valence-electron chi connectivity index (χ4n) is 3.69. The molecule has 0 aliphatic carbocycles. The number of rotatable bonds is 5. The van der Waals surface area contributed by atoms with Gasteiger partial charge in [-0.3, -0.25) is 9.59 Å². The summed E-state index contributed by atoms with van der Waals surface area (Å²) in [5, 5.41) is 11.8. The molecule has 29 heavy (non-hydrogen) atoms. The lowest BCUT2D eigenvalue weighted by Crippen LogP contribution is -2.41. The molecule has 3 aromatic carbocycles. The molecule has 4 rings (SSSR count). The number of ketones is 1. The minimum absolute atomic E-state index is 0.298. The summed E-state index contributed by atoms with van der Waals surface area (Å²) in [6, 6.07) is 21.6. The molecule has 0 saturated heterocycles. The van der Waals surface area contributed by atoms with Crippen molar-refractivity contribution in [1.29, 1.82) is 0 Å². The number of hydrogen-bond acceptors (Lipinski definition) is 3. The molecule has 4 nitrogen and oxygen atoms in total. The lowest BCUT2D eigenvalue weighted by atomic mass is 9.88. The van der Waals surface area contributed by atoms with Gasteiger partial charge in [0.05, 0.1) is 18.7 Å². The molecule has 0 bridgehead atoms. The van der Waals surface area contributed by atoms with Crippen LogP contribution in [0.15, 0.2) is 72.8 Å². The van der Waals surface area contributed by atoms with E-state index in [2.05, 4.69) is 0 Å². The van der Waals surface area contributed by atoms with Crippen molar-refractivity contribution in [2.75, 3.05) is 4.90 Å². The number of hydrogen-bond donors (Lipinski definition) is 1. The van der Waals surface area contributed by atoms with E-state index in [1.54, 1.807) is 30.3 Å². The van der Waals surface area contributed by atoms with E-state index in [4.69, 9.17) is 11.6 Å². The maximum Gasteiger partial charge on any atom is 0.264 e. The van der Waals surface area contributed by atoms with Crippen LogP contribution in [0.5, 0.6) is 0 Å². The Kier molecular flexibility index (Phi) is 4.99. The first-order valence-electron chi connectivity index (χ1n) is 9.37. The van der Waals surface area contributed by atoms with Gasteiger partial charge in [-0.1, -0.05) is 71.8 Å². The van der Waals surface area contributed by atoms with Gasteiger partial charge in [-0.25, -0.2) is 0 Å². The van der Waals surface area contributed by atoms with Crippen LogP contribution in [0, 0.1) is 6.92 Å². The lowest BCUT2D eigenvalue weighted by Gasteiger charge is -2.23. The van der Waals surface area contributed by atoms with E-state index < -0.39 is 11.5 Å². The zero-order valence-corrected chi connectivity index (χ0v) is 16.7. The predicted octanol–water partition coefficient (Wildman–Crippen LogP) is 4.66. The fraction of sp³-hybridized carbons (Fsp3) is 0.167. The summed E-state index contributed by atoms with van der Waals surface area (Å²) in [4.78, 5) is 27.7. The Labute approximate surface area is 174 Å². The van der Waals surface area contributed by atoms with Crippen molar-refractivity contribution in [2.45, 2.75) is 25.5 Å². The molecule has 1 aliphatic heterocycles. The van der Waals surface area contributed by atoms with Gasteiger partial charge in [0, 0.05) is 16.1 Å². The highest BCUT2D eigenvalue weighted by Gasteiger charge is 2.51. The molecule has 146 valence electrons. The smallest absolute Gasteiger partial charge is 0.264 e. The Morgan fingerprint density at radius 3 is 2.41 bits per heavy atom. The second-order valence-electron chi connectivity index (χ2n) is 7.36. The minimum atomic E-state index is -1.95. The standard InChI is InChI=1S/C24H20ClNO3/c1-16-7-9-18(10-8-16)22(27)14-24(29)20-13-19(25)11-12-21(20)26(23(24)28)15-17-5-3-2-4-6-17/h2-13,29H,14-15H2,1H3/t24-/m1/s1. The summed E-state index contributed by atoms with van der Waals surface area (Å²) in [5.41, 5.74) is 1.41. The molecule has 3 aromatic rings. The van der Waals surface area contributed by atoms with Gasteiger partial charge in [0.15, 0.2) is 11.4 Å². The van der Waals surface area contributed by atoms with Gasteiger partial charge in [0.25, 0.3) is 5.91 Å². The van der Waals surface area contributed by atoms with E-state index in [9.17, 15) is 14.7 Å². The quantitative estimate of drug-likeness (QED) is 0.628. The van der Waals surface area contributed by atoms with Crippen molar-refractivity contribution in [1.82, 2.24) is 0 Å². The van der Waals surface area contributed by atoms with Gasteiger partial charge in [0.1, 0.15) is 0 Å². The number of Topliss-reactive ketones (excluding diaryl/α,β-unsaturated/α-hetero) is 1. The number of carbonyl (C=O) groups is 2. The summed E-state index contributed by atoms with van der Waals surface area (Å²) in [6.45, 7) is 2.23. The molecule has 0 saturated carbocycles. The maximum atomic E-state index is 13.3. The molecule has 1 heterocycles. The first-order valence-corrected chi connectivity index (χ1v) is 9.74. The van der Waals surface area contributed by atoms with Crippen molar-refractivity contribution < 1.29 is 14.7 Å². The van der Waals surface area contributed by atoms with Crippen LogP contribution < -0.4 is 4.90 Å². The zero-order valence-electron chi connectivity index (χ0n) is 15.9. The molecule has 0 spiro atoms. The number of aliphatic hydroxyl groups is 1. The first kappa shape index (κ1) is 19.4. The summed E-state index contributed by atoms with van der Waals surface area (Å²) >= 11 is 6.15. The van der Waals surface area contributed by atoms with Crippen LogP contribution in [0.3, 0.4) is 0 Å². The van der Waals surface area contributed by atoms with Gasteiger partial charge in [-0.2, -0.15) is 0 Å². The second kappa shape index (κ2) is 7.47. The molecule has 0 fully saturated rings. The molecular weight excluding hydrogens is 386 g/mol. The lowest BCUT2D eigenvalue weighted by molar-refractivity contribution is -0.136. The minimum Gasteiger partial charge on any atom is -0.375 e. The maximum absolute atomic E-state index is 13.3. The Balaban J connectivity index is 1.71. The number of aryl methyl sites for hydroxylation is 1. The molecule has 5 heteroatoms. The van der Waals surface area contributed by atoms with Crippen LogP contribution in [0.4, 0.5) is 5.69 Å². The van der Waals surface area contributed by atoms with Crippen LogP contribution in [0.2, 0.25) is 5.02 Å². The summed E-state index contributed by atoms with van der Waals surface area (Å²) in [5.74, 6) is -0.813. The molecule has 0 radical (unpaired) electrons. The van der Waals surface area contributed by atoms with E-state index in [1.165, 1.54) is 4.90 Å². The Morgan fingerprint density at radius 2 is 1.72 bits per heavy atom. The van der Waals surface area contributed by atoms with E-state index in [-0.39, 0.29) is 12.2 Å². The van der Waals surface area contributed by atoms with Crippen LogP contribution >= 0.6 is 11.6 Å². The van der Waals surface area contributed by atoms with E-state index >= 15 is 0 Å². The number of amides is 1. The molecule has 1 aliphatic rings. The monoisotopic (exact) mass is 405 g/mol. The van der Waals surface area contributed by atoms with E-state index in [0.717, 1.165) is 11.1 Å². The number of fused-ring (bicyclic) bond motifs is 1. The topological polar surface area (TPSA) is 57.6 Å². The number of anilines is 1. The number of nitrogens with zero attached hydrogens (tertiary/aromatic N) is 1. The third-order valence-corrected chi connectivity index (χ3v) is 5.50. The number of halogens is 1. The van der Waals surface area contributed by atoms with Gasteiger partial charge in [-0.15, -0.1) is 0 Å². The molecule has 1 N–H and O–H groups in total. The fourth-order valence-corrected chi connectivity index (χ4v) is 3.86. The highest BCUT2D eigenvalue weighted by Crippen LogP contribution is 2.44. The van der Waals surface area contributed by atoms with E-state index in [1.807, 2.05) is 49.4 Å². The van der Waals surface area contributed by atoms with Gasteiger partial charge < -0.3 is 10.0 Å². The van der Waals surface area contributed by atoms with Crippen molar-refractivity contribution in [3.63, 3.8) is 0 Å². The molecule has 1 atom stereocenters. The van der Waals surface area contributed by atoms with Crippen LogP contribution in [-0.4, -0.2) is 16.8 Å². The van der Waals surface area contributed by atoms with Gasteiger partial charge in [0.2, 0.25) is 0 Å². The van der Waals surface area contributed by atoms with Crippen LogP contribution in [0.1, 0.15) is 33.5 Å². The van der Waals surface area contributed by atoms with Crippen molar-refractivity contribution in [3.05, 3.63) is 100 Å². The Morgan fingerprint density at radius 1 is 1.03 bits per heavy atom. The van der Waals surface area contributed by atoms with Gasteiger partial charge >= 0.3 is 0 Å². The van der Waals surface area contributed by atoms with Crippen LogP contribution in [0.25, 0.3) is 0 Å². The third-order valence-electron chi connectivity index (χ3n) is 5.27. The average molecular weight is 406 g/mol. The van der Waals surface area contributed by atoms with E-state index in [0.29, 0.717) is 28.4 Å². The number of benzene rings is 3. The highest BCUT2D eigenvalue weighted by atomic mass is 35.5.